The van der Waals surface area contributed by atoms with Crippen LogP contribution in [-0.4, -0.2) is 48.3 Å². The fourth-order valence-electron chi connectivity index (χ4n) is 3.72. The van der Waals surface area contributed by atoms with Gasteiger partial charge in [-0.2, -0.15) is 0 Å². The van der Waals surface area contributed by atoms with Crippen molar-refractivity contribution in [1.82, 2.24) is 10.2 Å². The van der Waals surface area contributed by atoms with Crippen LogP contribution in [0.1, 0.15) is 66.2 Å². The van der Waals surface area contributed by atoms with E-state index in [4.69, 9.17) is 0 Å². The van der Waals surface area contributed by atoms with Crippen molar-refractivity contribution in [3.05, 3.63) is 0 Å². The van der Waals surface area contributed by atoms with Crippen LogP contribution in [0.5, 0.6) is 0 Å². The molecule has 0 aromatic heterocycles. The van der Waals surface area contributed by atoms with Crippen molar-refractivity contribution in [3.63, 3.8) is 0 Å². The first kappa shape index (κ1) is 18.9. The molecule has 3 heteroatoms. The standard InChI is InChI=1S/C18H38N2O/c1-5-12-19-18(15-21)11-8-9-17(18)10-13-20(7-3)14-16(4)6-2/h16-17,19,21H,5-15H2,1-4H3. The molecule has 0 aromatic rings. The highest BCUT2D eigenvalue weighted by atomic mass is 16.3. The Morgan fingerprint density at radius 3 is 2.67 bits per heavy atom. The van der Waals surface area contributed by atoms with Crippen molar-refractivity contribution in [2.45, 2.75) is 71.8 Å². The fourth-order valence-corrected chi connectivity index (χ4v) is 3.72. The van der Waals surface area contributed by atoms with E-state index < -0.39 is 0 Å². The smallest absolute Gasteiger partial charge is 0.0616 e. The fraction of sp³-hybridized carbons (Fsp3) is 1.00. The van der Waals surface area contributed by atoms with Gasteiger partial charge in [-0.25, -0.2) is 0 Å². The van der Waals surface area contributed by atoms with Gasteiger partial charge >= 0.3 is 0 Å². The molecular formula is C18H38N2O. The topological polar surface area (TPSA) is 35.5 Å². The molecule has 3 nitrogen and oxygen atoms in total. The molecule has 21 heavy (non-hydrogen) atoms. The summed E-state index contributed by atoms with van der Waals surface area (Å²) in [6.07, 6.45) is 7.31. The highest BCUT2D eigenvalue weighted by molar-refractivity contribution is 4.99. The normalized spacial score (nSPS) is 27.4. The lowest BCUT2D eigenvalue weighted by Gasteiger charge is -2.36. The molecule has 2 N–H and O–H groups in total. The molecular weight excluding hydrogens is 260 g/mol. The van der Waals surface area contributed by atoms with Gasteiger partial charge in [0.05, 0.1) is 6.61 Å². The summed E-state index contributed by atoms with van der Waals surface area (Å²) in [5, 5.41) is 13.6. The van der Waals surface area contributed by atoms with E-state index in [-0.39, 0.29) is 5.54 Å². The summed E-state index contributed by atoms with van der Waals surface area (Å²) in [6, 6.07) is 0. The average Bonchev–Trinajstić information content (AvgIpc) is 2.92. The van der Waals surface area contributed by atoms with Gasteiger partial charge in [-0.3, -0.25) is 0 Å². The second-order valence-corrected chi connectivity index (χ2v) is 7.03. The number of aliphatic hydroxyl groups excluding tert-OH is 1. The maximum absolute atomic E-state index is 9.94. The quantitative estimate of drug-likeness (QED) is 0.614. The van der Waals surface area contributed by atoms with Crippen molar-refractivity contribution in [2.24, 2.45) is 11.8 Å². The Labute approximate surface area is 132 Å². The Kier molecular flexibility index (Phi) is 8.84. The van der Waals surface area contributed by atoms with Crippen LogP contribution in [0, 0.1) is 11.8 Å². The van der Waals surface area contributed by atoms with Gasteiger partial charge in [0, 0.05) is 12.1 Å². The summed E-state index contributed by atoms with van der Waals surface area (Å²) in [7, 11) is 0. The van der Waals surface area contributed by atoms with Gasteiger partial charge in [-0.1, -0.05) is 40.5 Å². The van der Waals surface area contributed by atoms with Gasteiger partial charge in [0.2, 0.25) is 0 Å². The molecule has 1 aliphatic carbocycles. The highest BCUT2D eigenvalue weighted by Gasteiger charge is 2.41. The maximum Gasteiger partial charge on any atom is 0.0616 e. The van der Waals surface area contributed by atoms with Gasteiger partial charge in [0.1, 0.15) is 0 Å². The SMILES string of the molecule is CCCNC1(CO)CCCC1CCN(CC)CC(C)CC. The Morgan fingerprint density at radius 1 is 1.33 bits per heavy atom. The molecule has 0 amide bonds. The van der Waals surface area contributed by atoms with Crippen LogP contribution in [0.2, 0.25) is 0 Å². The predicted molar refractivity (Wildman–Crippen MR) is 91.6 cm³/mol. The van der Waals surface area contributed by atoms with E-state index in [1.54, 1.807) is 0 Å². The molecule has 3 atom stereocenters. The lowest BCUT2D eigenvalue weighted by atomic mass is 9.85. The molecule has 1 aliphatic rings. The van der Waals surface area contributed by atoms with E-state index >= 15 is 0 Å². The van der Waals surface area contributed by atoms with Crippen LogP contribution in [0.4, 0.5) is 0 Å². The summed E-state index contributed by atoms with van der Waals surface area (Å²) in [6.45, 7) is 14.0. The summed E-state index contributed by atoms with van der Waals surface area (Å²) < 4.78 is 0. The zero-order chi connectivity index (χ0) is 15.7. The van der Waals surface area contributed by atoms with Crippen molar-refractivity contribution in [3.8, 4) is 0 Å². The van der Waals surface area contributed by atoms with Gasteiger partial charge < -0.3 is 15.3 Å². The monoisotopic (exact) mass is 298 g/mol. The predicted octanol–water partition coefficient (Wildman–Crippen LogP) is 3.28. The molecule has 0 bridgehead atoms. The number of hydrogen-bond donors (Lipinski definition) is 2. The summed E-state index contributed by atoms with van der Waals surface area (Å²) >= 11 is 0. The Bertz CT molecular complexity index is 272. The number of aliphatic hydroxyl groups is 1. The zero-order valence-corrected chi connectivity index (χ0v) is 14.8. The zero-order valence-electron chi connectivity index (χ0n) is 14.8. The molecule has 0 saturated heterocycles. The van der Waals surface area contributed by atoms with Crippen molar-refractivity contribution < 1.29 is 5.11 Å². The molecule has 0 radical (unpaired) electrons. The number of nitrogens with one attached hydrogen (secondary N) is 1. The molecule has 0 spiro atoms. The second kappa shape index (κ2) is 9.81. The largest absolute Gasteiger partial charge is 0.394 e. The van der Waals surface area contributed by atoms with Crippen LogP contribution in [0.3, 0.4) is 0 Å². The first-order chi connectivity index (χ1) is 10.1. The molecule has 1 saturated carbocycles. The van der Waals surface area contributed by atoms with E-state index in [2.05, 4.69) is 37.9 Å². The molecule has 0 heterocycles. The first-order valence-corrected chi connectivity index (χ1v) is 9.20. The Balaban J connectivity index is 2.50. The van der Waals surface area contributed by atoms with E-state index in [0.717, 1.165) is 31.8 Å². The second-order valence-electron chi connectivity index (χ2n) is 7.03. The minimum absolute atomic E-state index is 0.00575. The van der Waals surface area contributed by atoms with Crippen LogP contribution in [0.15, 0.2) is 0 Å². The van der Waals surface area contributed by atoms with Crippen molar-refractivity contribution in [2.75, 3.05) is 32.8 Å². The first-order valence-electron chi connectivity index (χ1n) is 9.20. The minimum Gasteiger partial charge on any atom is -0.394 e. The van der Waals surface area contributed by atoms with Gasteiger partial charge in [-0.15, -0.1) is 0 Å². The van der Waals surface area contributed by atoms with Crippen molar-refractivity contribution in [1.29, 1.82) is 0 Å². The van der Waals surface area contributed by atoms with E-state index in [0.29, 0.717) is 12.5 Å². The van der Waals surface area contributed by atoms with Crippen molar-refractivity contribution >= 4 is 0 Å². The minimum atomic E-state index is 0.00575. The van der Waals surface area contributed by atoms with Crippen LogP contribution >= 0.6 is 0 Å². The third kappa shape index (κ3) is 5.54. The van der Waals surface area contributed by atoms with Crippen LogP contribution in [-0.2, 0) is 0 Å². The molecule has 0 aliphatic heterocycles. The maximum atomic E-state index is 9.94. The molecule has 0 aromatic carbocycles. The van der Waals surface area contributed by atoms with Crippen LogP contribution in [0.25, 0.3) is 0 Å². The highest BCUT2D eigenvalue weighted by Crippen LogP contribution is 2.37. The number of hydrogen-bond acceptors (Lipinski definition) is 3. The Morgan fingerprint density at radius 2 is 2.10 bits per heavy atom. The van der Waals surface area contributed by atoms with Gasteiger partial charge in [0.15, 0.2) is 0 Å². The summed E-state index contributed by atoms with van der Waals surface area (Å²) in [4.78, 5) is 2.59. The van der Waals surface area contributed by atoms with Gasteiger partial charge in [0.25, 0.3) is 0 Å². The lowest BCUT2D eigenvalue weighted by Crippen LogP contribution is -2.52. The number of rotatable bonds is 11. The third-order valence-electron chi connectivity index (χ3n) is 5.47. The van der Waals surface area contributed by atoms with Gasteiger partial charge in [-0.05, 0) is 57.2 Å². The molecule has 1 rings (SSSR count). The summed E-state index contributed by atoms with van der Waals surface area (Å²) in [5.74, 6) is 1.43. The third-order valence-corrected chi connectivity index (χ3v) is 5.47. The lowest BCUT2D eigenvalue weighted by molar-refractivity contribution is 0.110. The van der Waals surface area contributed by atoms with E-state index in [1.165, 1.54) is 38.8 Å². The summed E-state index contributed by atoms with van der Waals surface area (Å²) in [5.41, 5.74) is 0.00575. The molecule has 3 unspecified atom stereocenters. The Hall–Kier alpha value is -0.120. The van der Waals surface area contributed by atoms with E-state index in [1.807, 2.05) is 0 Å². The van der Waals surface area contributed by atoms with Crippen LogP contribution < -0.4 is 5.32 Å². The molecule has 126 valence electrons. The molecule has 1 fully saturated rings. The number of nitrogens with zero attached hydrogens (tertiary/aromatic N) is 1. The average molecular weight is 299 g/mol. The van der Waals surface area contributed by atoms with E-state index in [9.17, 15) is 5.11 Å².